The summed E-state index contributed by atoms with van der Waals surface area (Å²) in [5, 5.41) is 4.13. The zero-order chi connectivity index (χ0) is 18.8. The van der Waals surface area contributed by atoms with Gasteiger partial charge in [0.2, 0.25) is 15.9 Å². The first-order chi connectivity index (χ1) is 11.6. The van der Waals surface area contributed by atoms with Crippen molar-refractivity contribution in [3.8, 4) is 0 Å². The molecular weight excluding hydrogens is 358 g/mol. The van der Waals surface area contributed by atoms with Crippen molar-refractivity contribution in [2.75, 3.05) is 19.3 Å². The second-order valence-corrected chi connectivity index (χ2v) is 10.5. The van der Waals surface area contributed by atoms with Crippen LogP contribution in [-0.2, 0) is 14.8 Å². The third-order valence-electron chi connectivity index (χ3n) is 4.66. The number of carbonyl (C=O) groups excluding carboxylic acids is 1. The van der Waals surface area contributed by atoms with Gasteiger partial charge in [-0.15, -0.1) is 11.3 Å². The van der Waals surface area contributed by atoms with Gasteiger partial charge in [0.1, 0.15) is 5.01 Å². The normalized spacial score (nSPS) is 18.5. The fourth-order valence-electron chi connectivity index (χ4n) is 3.08. The van der Waals surface area contributed by atoms with Crippen molar-refractivity contribution in [2.45, 2.75) is 53.0 Å². The van der Waals surface area contributed by atoms with Gasteiger partial charge in [-0.05, 0) is 39.0 Å². The van der Waals surface area contributed by atoms with Crippen molar-refractivity contribution in [3.63, 3.8) is 0 Å². The van der Waals surface area contributed by atoms with E-state index in [0.717, 1.165) is 17.1 Å². The molecule has 2 rings (SSSR count). The Hall–Kier alpha value is -0.990. The first kappa shape index (κ1) is 20.3. The van der Waals surface area contributed by atoms with E-state index in [-0.39, 0.29) is 17.9 Å². The van der Waals surface area contributed by atoms with E-state index in [1.807, 2.05) is 13.8 Å². The van der Waals surface area contributed by atoms with Crippen LogP contribution in [-0.4, -0.2) is 43.0 Å². The smallest absolute Gasteiger partial charge is 0.223 e. The highest BCUT2D eigenvalue weighted by atomic mass is 32.2. The Morgan fingerprint density at radius 1 is 1.32 bits per heavy atom. The minimum atomic E-state index is -3.17. The Bertz CT molecular complexity index is 685. The summed E-state index contributed by atoms with van der Waals surface area (Å²) in [4.78, 5) is 18.5. The number of hydrogen-bond acceptors (Lipinski definition) is 5. The number of rotatable bonds is 6. The van der Waals surface area contributed by atoms with Gasteiger partial charge in [0.25, 0.3) is 0 Å². The minimum absolute atomic E-state index is 0.0179. The lowest BCUT2D eigenvalue weighted by atomic mass is 9.96. The molecule has 1 N–H and O–H groups in total. The van der Waals surface area contributed by atoms with Crippen LogP contribution >= 0.6 is 11.3 Å². The van der Waals surface area contributed by atoms with Gasteiger partial charge in [-0.3, -0.25) is 4.79 Å². The molecule has 1 aliphatic heterocycles. The molecule has 0 aromatic carbocycles. The van der Waals surface area contributed by atoms with Crippen molar-refractivity contribution in [1.82, 2.24) is 14.6 Å². The Kier molecular flexibility index (Phi) is 6.62. The van der Waals surface area contributed by atoms with E-state index in [1.165, 1.54) is 15.4 Å². The molecule has 1 amide bonds. The van der Waals surface area contributed by atoms with Crippen molar-refractivity contribution < 1.29 is 13.2 Å². The standard InChI is InChI=1S/C17H29N3O3S2/c1-11(2)10-15(17-18-12(3)13(4)24-17)19-16(21)14-6-8-20(9-7-14)25(5,22)23/h11,14-15H,6-10H2,1-5H3,(H,19,21). The maximum atomic E-state index is 12.7. The van der Waals surface area contributed by atoms with Crippen molar-refractivity contribution in [2.24, 2.45) is 11.8 Å². The summed E-state index contributed by atoms with van der Waals surface area (Å²) >= 11 is 1.64. The molecule has 0 aliphatic carbocycles. The van der Waals surface area contributed by atoms with Crippen LogP contribution in [0.25, 0.3) is 0 Å². The lowest BCUT2D eigenvalue weighted by Gasteiger charge is -2.30. The SMILES string of the molecule is Cc1nc(C(CC(C)C)NC(=O)C2CCN(S(C)(=O)=O)CC2)sc1C. The first-order valence-electron chi connectivity index (χ1n) is 8.77. The highest BCUT2D eigenvalue weighted by Crippen LogP contribution is 2.28. The molecule has 0 bridgehead atoms. The molecule has 0 saturated carbocycles. The van der Waals surface area contributed by atoms with Gasteiger partial charge < -0.3 is 5.32 Å². The second kappa shape index (κ2) is 8.14. The number of amides is 1. The summed E-state index contributed by atoms with van der Waals surface area (Å²) in [7, 11) is -3.17. The Labute approximate surface area is 155 Å². The maximum Gasteiger partial charge on any atom is 0.223 e. The highest BCUT2D eigenvalue weighted by Gasteiger charge is 2.30. The average molecular weight is 388 g/mol. The number of sulfonamides is 1. The average Bonchev–Trinajstić information content (AvgIpc) is 2.85. The summed E-state index contributed by atoms with van der Waals surface area (Å²) in [6.07, 6.45) is 3.21. The predicted molar refractivity (Wildman–Crippen MR) is 101 cm³/mol. The molecule has 1 aliphatic rings. The predicted octanol–water partition coefficient (Wildman–Crippen LogP) is 2.63. The summed E-state index contributed by atoms with van der Waals surface area (Å²) < 4.78 is 24.7. The molecular formula is C17H29N3O3S2. The Morgan fingerprint density at radius 2 is 1.92 bits per heavy atom. The van der Waals surface area contributed by atoms with Crippen molar-refractivity contribution in [1.29, 1.82) is 0 Å². The van der Waals surface area contributed by atoms with Crippen LogP contribution in [0.15, 0.2) is 0 Å². The molecule has 1 saturated heterocycles. The second-order valence-electron chi connectivity index (χ2n) is 7.32. The van der Waals surface area contributed by atoms with Crippen LogP contribution in [0.1, 0.15) is 54.7 Å². The van der Waals surface area contributed by atoms with Gasteiger partial charge in [0.15, 0.2) is 0 Å². The Morgan fingerprint density at radius 3 is 2.36 bits per heavy atom. The number of carbonyl (C=O) groups is 1. The minimum Gasteiger partial charge on any atom is -0.347 e. The van der Waals surface area contributed by atoms with E-state index in [4.69, 9.17) is 0 Å². The fraction of sp³-hybridized carbons (Fsp3) is 0.765. The number of aromatic nitrogens is 1. The zero-order valence-electron chi connectivity index (χ0n) is 15.7. The lowest BCUT2D eigenvalue weighted by molar-refractivity contribution is -0.127. The summed E-state index contributed by atoms with van der Waals surface area (Å²) in [5.41, 5.74) is 1.02. The van der Waals surface area contributed by atoms with E-state index in [2.05, 4.69) is 24.1 Å². The Balaban J connectivity index is 2.02. The molecule has 0 radical (unpaired) electrons. The van der Waals surface area contributed by atoms with E-state index in [1.54, 1.807) is 11.3 Å². The quantitative estimate of drug-likeness (QED) is 0.814. The van der Waals surface area contributed by atoms with Crippen molar-refractivity contribution >= 4 is 27.3 Å². The maximum absolute atomic E-state index is 12.7. The third kappa shape index (κ3) is 5.49. The fourth-order valence-corrected chi connectivity index (χ4v) is 4.94. The van der Waals surface area contributed by atoms with Gasteiger partial charge in [-0.1, -0.05) is 13.8 Å². The number of hydrogen-bond donors (Lipinski definition) is 1. The third-order valence-corrected chi connectivity index (χ3v) is 7.15. The van der Waals surface area contributed by atoms with Crippen molar-refractivity contribution in [3.05, 3.63) is 15.6 Å². The highest BCUT2D eigenvalue weighted by molar-refractivity contribution is 7.88. The van der Waals surface area contributed by atoms with Gasteiger partial charge in [0, 0.05) is 23.9 Å². The van der Waals surface area contributed by atoms with Crippen LogP contribution in [0.4, 0.5) is 0 Å². The summed E-state index contributed by atoms with van der Waals surface area (Å²) in [5.74, 6) is 0.334. The molecule has 1 aromatic rings. The number of thiazole rings is 1. The van der Waals surface area contributed by atoms with E-state index in [0.29, 0.717) is 31.8 Å². The molecule has 0 spiro atoms. The lowest BCUT2D eigenvalue weighted by Crippen LogP contribution is -2.43. The summed E-state index contributed by atoms with van der Waals surface area (Å²) in [6.45, 7) is 9.15. The topological polar surface area (TPSA) is 79.4 Å². The first-order valence-corrected chi connectivity index (χ1v) is 11.4. The van der Waals surface area contributed by atoms with Gasteiger partial charge >= 0.3 is 0 Å². The molecule has 2 heterocycles. The van der Waals surface area contributed by atoms with Crippen LogP contribution in [0.2, 0.25) is 0 Å². The number of aryl methyl sites for hydroxylation is 2. The summed E-state index contributed by atoms with van der Waals surface area (Å²) in [6, 6.07) is -0.0714. The van der Waals surface area contributed by atoms with E-state index in [9.17, 15) is 13.2 Å². The van der Waals surface area contributed by atoms with Gasteiger partial charge in [-0.2, -0.15) is 0 Å². The monoisotopic (exact) mass is 387 g/mol. The molecule has 142 valence electrons. The molecule has 6 nitrogen and oxygen atoms in total. The number of piperidine rings is 1. The van der Waals surface area contributed by atoms with Crippen LogP contribution in [0.5, 0.6) is 0 Å². The van der Waals surface area contributed by atoms with E-state index >= 15 is 0 Å². The molecule has 1 unspecified atom stereocenters. The number of nitrogens with zero attached hydrogens (tertiary/aromatic N) is 2. The van der Waals surface area contributed by atoms with E-state index < -0.39 is 10.0 Å². The molecule has 1 atom stereocenters. The van der Waals surface area contributed by atoms with Crippen LogP contribution in [0.3, 0.4) is 0 Å². The number of nitrogens with one attached hydrogen (secondary N) is 1. The molecule has 1 aromatic heterocycles. The van der Waals surface area contributed by atoms with Gasteiger partial charge in [0.05, 0.1) is 18.0 Å². The van der Waals surface area contributed by atoms with Crippen LogP contribution < -0.4 is 5.32 Å². The molecule has 1 fully saturated rings. The zero-order valence-corrected chi connectivity index (χ0v) is 17.3. The van der Waals surface area contributed by atoms with Gasteiger partial charge in [-0.25, -0.2) is 17.7 Å². The molecule has 8 heteroatoms. The molecule has 25 heavy (non-hydrogen) atoms. The largest absolute Gasteiger partial charge is 0.347 e. The van der Waals surface area contributed by atoms with Crippen LogP contribution in [0, 0.1) is 25.7 Å².